The fourth-order valence-electron chi connectivity index (χ4n) is 1.82. The van der Waals surface area contributed by atoms with E-state index >= 15 is 0 Å². The van der Waals surface area contributed by atoms with Crippen LogP contribution in [0.25, 0.3) is 0 Å². The monoisotopic (exact) mass is 274 g/mol. The van der Waals surface area contributed by atoms with Gasteiger partial charge in [-0.3, -0.25) is 0 Å². The molecule has 0 radical (unpaired) electrons. The zero-order valence-corrected chi connectivity index (χ0v) is 10.6. The molecule has 7 nitrogen and oxygen atoms in total. The Bertz CT molecular complexity index is 544. The van der Waals surface area contributed by atoms with Gasteiger partial charge in [-0.05, 0) is 12.5 Å². The first-order valence-corrected chi connectivity index (χ1v) is 6.84. The number of aromatic carboxylic acids is 1. The van der Waals surface area contributed by atoms with Gasteiger partial charge in [-0.1, -0.05) is 0 Å². The topological polar surface area (TPSA) is 99.7 Å². The van der Waals surface area contributed by atoms with Crippen LogP contribution in [0, 0.1) is 0 Å². The molecule has 0 spiro atoms. The first-order chi connectivity index (χ1) is 8.43. The Balaban J connectivity index is 2.26. The average Bonchev–Trinajstić information content (AvgIpc) is 2.99. The zero-order chi connectivity index (χ0) is 13.3. The number of aromatic nitrogens is 1. The lowest BCUT2D eigenvalue weighted by Gasteiger charge is -2.21. The highest BCUT2D eigenvalue weighted by Crippen LogP contribution is 2.21. The third kappa shape index (κ3) is 2.26. The van der Waals surface area contributed by atoms with Crippen molar-refractivity contribution in [2.75, 3.05) is 20.3 Å². The molecular weight excluding hydrogens is 260 g/mol. The van der Waals surface area contributed by atoms with E-state index in [2.05, 4.69) is 4.98 Å². The van der Waals surface area contributed by atoms with Gasteiger partial charge < -0.3 is 14.8 Å². The van der Waals surface area contributed by atoms with E-state index in [1.165, 1.54) is 17.5 Å². The summed E-state index contributed by atoms with van der Waals surface area (Å²) < 4.78 is 30.8. The Morgan fingerprint density at radius 2 is 2.33 bits per heavy atom. The van der Waals surface area contributed by atoms with E-state index in [4.69, 9.17) is 9.84 Å². The molecule has 1 aliphatic rings. The molecule has 8 heteroatoms. The summed E-state index contributed by atoms with van der Waals surface area (Å²) in [5.74, 6) is -1.19. The average molecular weight is 274 g/mol. The number of aromatic amines is 1. The molecule has 1 aromatic heterocycles. The van der Waals surface area contributed by atoms with Crippen molar-refractivity contribution >= 4 is 16.0 Å². The lowest BCUT2D eigenvalue weighted by atomic mass is 10.3. The molecule has 0 aromatic carbocycles. The van der Waals surface area contributed by atoms with Gasteiger partial charge in [0.25, 0.3) is 0 Å². The fourth-order valence-corrected chi connectivity index (χ4v) is 3.18. The van der Waals surface area contributed by atoms with Crippen LogP contribution in [-0.4, -0.2) is 55.1 Å². The third-order valence-corrected chi connectivity index (χ3v) is 4.87. The molecule has 1 aromatic rings. The molecule has 2 rings (SSSR count). The second kappa shape index (κ2) is 4.71. The maximum atomic E-state index is 12.2. The van der Waals surface area contributed by atoms with E-state index in [9.17, 15) is 13.2 Å². The number of likely N-dealkylation sites (N-methyl/N-ethyl adjacent to an activating group) is 1. The molecule has 0 saturated carbocycles. The van der Waals surface area contributed by atoms with E-state index in [0.717, 1.165) is 6.07 Å². The standard InChI is InChI=1S/C10H14N2O5S/c1-12(7-2-3-17-6-7)18(15,16)8-4-9(10(13)14)11-5-8/h4-5,7,11H,2-3,6H2,1H3,(H,13,14). The molecule has 1 fully saturated rings. The van der Waals surface area contributed by atoms with Gasteiger partial charge in [-0.2, -0.15) is 4.31 Å². The van der Waals surface area contributed by atoms with Crippen molar-refractivity contribution in [2.24, 2.45) is 0 Å². The molecule has 1 unspecified atom stereocenters. The predicted molar refractivity (Wildman–Crippen MR) is 61.9 cm³/mol. The SMILES string of the molecule is CN(C1CCOC1)S(=O)(=O)c1c[nH]c(C(=O)O)c1. The second-order valence-corrected chi connectivity index (χ2v) is 6.09. The highest BCUT2D eigenvalue weighted by atomic mass is 32.2. The van der Waals surface area contributed by atoms with E-state index in [1.54, 1.807) is 0 Å². The Kier molecular flexibility index (Phi) is 3.42. The lowest BCUT2D eigenvalue weighted by Crippen LogP contribution is -2.37. The number of carboxylic acids is 1. The van der Waals surface area contributed by atoms with E-state index in [0.29, 0.717) is 19.6 Å². The van der Waals surface area contributed by atoms with Crippen LogP contribution < -0.4 is 0 Å². The van der Waals surface area contributed by atoms with Crippen LogP contribution in [-0.2, 0) is 14.8 Å². The summed E-state index contributed by atoms with van der Waals surface area (Å²) in [6, 6.07) is 0.919. The van der Waals surface area contributed by atoms with Crippen LogP contribution in [0.4, 0.5) is 0 Å². The molecule has 0 aliphatic carbocycles. The fraction of sp³-hybridized carbons (Fsp3) is 0.500. The summed E-state index contributed by atoms with van der Waals surface area (Å²) in [4.78, 5) is 13.1. The predicted octanol–water partition coefficient (Wildman–Crippen LogP) is 0.122. The summed E-state index contributed by atoms with van der Waals surface area (Å²) in [5, 5.41) is 8.75. The molecule has 1 aliphatic heterocycles. The Morgan fingerprint density at radius 3 is 2.83 bits per heavy atom. The number of rotatable bonds is 4. The summed E-state index contributed by atoms with van der Waals surface area (Å²) in [5.41, 5.74) is -0.148. The molecule has 2 N–H and O–H groups in total. The molecule has 1 saturated heterocycles. The second-order valence-electron chi connectivity index (χ2n) is 4.09. The summed E-state index contributed by atoms with van der Waals surface area (Å²) >= 11 is 0. The summed E-state index contributed by atoms with van der Waals surface area (Å²) in [7, 11) is -2.20. The smallest absolute Gasteiger partial charge is 0.352 e. The number of nitrogens with one attached hydrogen (secondary N) is 1. The number of ether oxygens (including phenoxy) is 1. The Labute approximate surface area is 104 Å². The molecular formula is C10H14N2O5S. The highest BCUT2D eigenvalue weighted by molar-refractivity contribution is 7.89. The van der Waals surface area contributed by atoms with Gasteiger partial charge in [0.1, 0.15) is 10.6 Å². The minimum Gasteiger partial charge on any atom is -0.477 e. The molecule has 100 valence electrons. The number of H-pyrrole nitrogens is 1. The molecule has 1 atom stereocenters. The van der Waals surface area contributed by atoms with Gasteiger partial charge in [-0.25, -0.2) is 13.2 Å². The van der Waals surface area contributed by atoms with Crippen molar-refractivity contribution in [2.45, 2.75) is 17.4 Å². The van der Waals surface area contributed by atoms with Crippen LogP contribution in [0.5, 0.6) is 0 Å². The van der Waals surface area contributed by atoms with E-state index in [-0.39, 0.29) is 16.6 Å². The normalized spacial score (nSPS) is 20.4. The van der Waals surface area contributed by atoms with Gasteiger partial charge >= 0.3 is 5.97 Å². The van der Waals surface area contributed by atoms with E-state index in [1.807, 2.05) is 0 Å². The van der Waals surface area contributed by atoms with Crippen molar-refractivity contribution in [1.82, 2.24) is 9.29 Å². The van der Waals surface area contributed by atoms with Crippen LogP contribution in [0.2, 0.25) is 0 Å². The van der Waals surface area contributed by atoms with Gasteiger partial charge in [0, 0.05) is 19.9 Å². The number of nitrogens with zero attached hydrogens (tertiary/aromatic N) is 1. The van der Waals surface area contributed by atoms with Crippen LogP contribution >= 0.6 is 0 Å². The van der Waals surface area contributed by atoms with Crippen molar-refractivity contribution in [1.29, 1.82) is 0 Å². The number of sulfonamides is 1. The quantitative estimate of drug-likeness (QED) is 0.812. The van der Waals surface area contributed by atoms with Gasteiger partial charge in [0.15, 0.2) is 0 Å². The van der Waals surface area contributed by atoms with Crippen LogP contribution in [0.15, 0.2) is 17.2 Å². The number of carbonyl (C=O) groups is 1. The van der Waals surface area contributed by atoms with E-state index < -0.39 is 16.0 Å². The van der Waals surface area contributed by atoms with Crippen LogP contribution in [0.3, 0.4) is 0 Å². The maximum absolute atomic E-state index is 12.2. The highest BCUT2D eigenvalue weighted by Gasteiger charge is 2.31. The maximum Gasteiger partial charge on any atom is 0.352 e. The van der Waals surface area contributed by atoms with Gasteiger partial charge in [0.2, 0.25) is 10.0 Å². The van der Waals surface area contributed by atoms with Crippen molar-refractivity contribution in [3.05, 3.63) is 18.0 Å². The lowest BCUT2D eigenvalue weighted by molar-refractivity contribution is 0.0691. The number of hydrogen-bond acceptors (Lipinski definition) is 4. The van der Waals surface area contributed by atoms with Gasteiger partial charge in [-0.15, -0.1) is 0 Å². The van der Waals surface area contributed by atoms with Crippen LogP contribution in [0.1, 0.15) is 16.9 Å². The summed E-state index contributed by atoms with van der Waals surface area (Å²) in [6.45, 7) is 0.907. The first-order valence-electron chi connectivity index (χ1n) is 5.40. The third-order valence-electron chi connectivity index (χ3n) is 2.98. The minimum atomic E-state index is -3.68. The number of carboxylic acid groups (broad SMARTS) is 1. The minimum absolute atomic E-state index is 0.0469. The van der Waals surface area contributed by atoms with Crippen molar-refractivity contribution in [3.8, 4) is 0 Å². The molecule has 0 amide bonds. The largest absolute Gasteiger partial charge is 0.477 e. The Morgan fingerprint density at radius 1 is 1.61 bits per heavy atom. The molecule has 0 bridgehead atoms. The molecule has 18 heavy (non-hydrogen) atoms. The van der Waals surface area contributed by atoms with Crippen molar-refractivity contribution in [3.63, 3.8) is 0 Å². The van der Waals surface area contributed by atoms with Gasteiger partial charge in [0.05, 0.1) is 12.6 Å². The Hall–Kier alpha value is -1.38. The molecule has 2 heterocycles. The van der Waals surface area contributed by atoms with Crippen molar-refractivity contribution < 1.29 is 23.1 Å². The number of hydrogen-bond donors (Lipinski definition) is 2. The summed E-state index contributed by atoms with van der Waals surface area (Å²) in [6.07, 6.45) is 1.83. The first kappa shape index (κ1) is 13.1. The zero-order valence-electron chi connectivity index (χ0n) is 9.79.